The second kappa shape index (κ2) is 10.2. The summed E-state index contributed by atoms with van der Waals surface area (Å²) in [5.74, 6) is 0.107. The summed E-state index contributed by atoms with van der Waals surface area (Å²) in [5, 5.41) is 0. The minimum Gasteiger partial charge on any atom is -0.497 e. The van der Waals surface area contributed by atoms with Crippen LogP contribution in [-0.2, 0) is 4.79 Å². The molecule has 164 valence electrons. The molecule has 0 N–H and O–H groups in total. The molecule has 3 rings (SSSR count). The van der Waals surface area contributed by atoms with Gasteiger partial charge in [0.05, 0.1) is 12.8 Å². The Morgan fingerprint density at radius 3 is 2.16 bits per heavy atom. The van der Waals surface area contributed by atoms with E-state index in [9.17, 15) is 18.8 Å². The molecule has 1 saturated heterocycles. The first kappa shape index (κ1) is 22.5. The molecule has 0 atom stereocenters. The summed E-state index contributed by atoms with van der Waals surface area (Å²) in [7, 11) is 1.57. The zero-order valence-electron chi connectivity index (χ0n) is 17.9. The van der Waals surface area contributed by atoms with Crippen LogP contribution in [0.15, 0.2) is 42.5 Å². The lowest BCUT2D eigenvalue weighted by atomic mass is 10.0. The molecule has 1 fully saturated rings. The number of hydrogen-bond donors (Lipinski definition) is 0. The van der Waals surface area contributed by atoms with Crippen LogP contribution in [0.3, 0.4) is 0 Å². The van der Waals surface area contributed by atoms with Crippen LogP contribution in [0, 0.1) is 5.82 Å². The third-order valence-corrected chi connectivity index (χ3v) is 5.53. The molecule has 0 unspecified atom stereocenters. The van der Waals surface area contributed by atoms with Crippen molar-refractivity contribution in [3.8, 4) is 5.75 Å². The molecule has 1 amide bonds. The molecule has 31 heavy (non-hydrogen) atoms. The van der Waals surface area contributed by atoms with Crippen molar-refractivity contribution >= 4 is 23.2 Å². The fourth-order valence-electron chi connectivity index (χ4n) is 3.66. The average molecular weight is 426 g/mol. The third kappa shape index (κ3) is 5.69. The van der Waals surface area contributed by atoms with E-state index in [1.54, 1.807) is 48.4 Å². The molecule has 6 nitrogen and oxygen atoms in total. The van der Waals surface area contributed by atoms with E-state index in [1.165, 1.54) is 13.0 Å². The van der Waals surface area contributed by atoms with E-state index in [-0.39, 0.29) is 17.5 Å². The topological polar surface area (TPSA) is 66.9 Å². The third-order valence-electron chi connectivity index (χ3n) is 5.53. The minimum atomic E-state index is -0.426. The Balaban J connectivity index is 1.45. The van der Waals surface area contributed by atoms with E-state index in [0.29, 0.717) is 68.0 Å². The Morgan fingerprint density at radius 2 is 1.58 bits per heavy atom. The monoisotopic (exact) mass is 426 g/mol. The number of carbonyl (C=O) groups is 3. The predicted octanol–water partition coefficient (Wildman–Crippen LogP) is 3.74. The molecule has 0 spiro atoms. The van der Waals surface area contributed by atoms with Crippen molar-refractivity contribution in [2.45, 2.75) is 26.2 Å². The number of piperazine rings is 1. The summed E-state index contributed by atoms with van der Waals surface area (Å²) >= 11 is 0. The van der Waals surface area contributed by atoms with Crippen molar-refractivity contribution in [3.05, 3.63) is 59.4 Å². The molecule has 0 aromatic heterocycles. The highest BCUT2D eigenvalue weighted by Crippen LogP contribution is 2.23. The van der Waals surface area contributed by atoms with Gasteiger partial charge in [-0.05, 0) is 55.8 Å². The van der Waals surface area contributed by atoms with Crippen LogP contribution < -0.4 is 9.64 Å². The van der Waals surface area contributed by atoms with Crippen LogP contribution in [-0.4, -0.2) is 55.7 Å². The van der Waals surface area contributed by atoms with Crippen molar-refractivity contribution in [1.82, 2.24) is 4.90 Å². The highest BCUT2D eigenvalue weighted by Gasteiger charge is 2.23. The lowest BCUT2D eigenvalue weighted by Gasteiger charge is -2.36. The van der Waals surface area contributed by atoms with E-state index in [4.69, 9.17) is 4.74 Å². The van der Waals surface area contributed by atoms with Crippen molar-refractivity contribution in [2.75, 3.05) is 38.2 Å². The number of methoxy groups -OCH3 is 1. The van der Waals surface area contributed by atoms with Gasteiger partial charge < -0.3 is 14.5 Å². The van der Waals surface area contributed by atoms with Crippen LogP contribution >= 0.6 is 0 Å². The van der Waals surface area contributed by atoms with Crippen LogP contribution in [0.1, 0.15) is 46.9 Å². The fraction of sp³-hybridized carbons (Fsp3) is 0.375. The molecule has 0 saturated carbocycles. The molecule has 0 radical (unpaired) electrons. The maximum atomic E-state index is 14.4. The molecule has 0 bridgehead atoms. The average Bonchev–Trinajstić information content (AvgIpc) is 2.79. The van der Waals surface area contributed by atoms with E-state index < -0.39 is 5.82 Å². The van der Waals surface area contributed by atoms with E-state index in [1.807, 2.05) is 4.90 Å². The van der Waals surface area contributed by atoms with Gasteiger partial charge in [-0.1, -0.05) is 0 Å². The number of ether oxygens (including phenoxy) is 1. The summed E-state index contributed by atoms with van der Waals surface area (Å²) in [6.45, 7) is 3.45. The molecule has 2 aromatic rings. The summed E-state index contributed by atoms with van der Waals surface area (Å²) in [4.78, 5) is 39.8. The van der Waals surface area contributed by atoms with Crippen LogP contribution in [0.5, 0.6) is 5.75 Å². The summed E-state index contributed by atoms with van der Waals surface area (Å²) in [6, 6.07) is 11.4. The van der Waals surface area contributed by atoms with Crippen LogP contribution in [0.4, 0.5) is 10.1 Å². The van der Waals surface area contributed by atoms with Gasteiger partial charge in [0.15, 0.2) is 11.6 Å². The van der Waals surface area contributed by atoms with Crippen molar-refractivity contribution in [2.24, 2.45) is 0 Å². The highest BCUT2D eigenvalue weighted by molar-refractivity contribution is 5.96. The zero-order chi connectivity index (χ0) is 22.4. The molecule has 0 aliphatic carbocycles. The standard InChI is InChI=1S/C24H27FN2O4/c1-17(28)19-8-11-22(21(25)16-19)26-12-14-27(15-13-26)24(30)5-3-4-23(29)18-6-9-20(31-2)10-7-18/h6-11,16H,3-5,12-15H2,1-2H3. The quantitative estimate of drug-likeness (QED) is 0.602. The Hall–Kier alpha value is -3.22. The van der Waals surface area contributed by atoms with Crippen molar-refractivity contribution < 1.29 is 23.5 Å². The molecule has 1 aliphatic heterocycles. The van der Waals surface area contributed by atoms with E-state index >= 15 is 0 Å². The number of amides is 1. The Kier molecular flexibility index (Phi) is 7.39. The van der Waals surface area contributed by atoms with Crippen LogP contribution in [0.2, 0.25) is 0 Å². The number of anilines is 1. The summed E-state index contributed by atoms with van der Waals surface area (Å²) in [5.41, 5.74) is 1.40. The second-order valence-corrected chi connectivity index (χ2v) is 7.60. The first-order valence-corrected chi connectivity index (χ1v) is 10.4. The van der Waals surface area contributed by atoms with Crippen LogP contribution in [0.25, 0.3) is 0 Å². The summed E-state index contributed by atoms with van der Waals surface area (Å²) in [6.07, 6.45) is 1.11. The Labute approximate surface area is 181 Å². The van der Waals surface area contributed by atoms with Gasteiger partial charge in [-0.15, -0.1) is 0 Å². The molecule has 2 aromatic carbocycles. The number of rotatable bonds is 8. The number of Topliss-reactive ketones (excluding diaryl/α,β-unsaturated/α-hetero) is 2. The van der Waals surface area contributed by atoms with Crippen molar-refractivity contribution in [1.29, 1.82) is 0 Å². The van der Waals surface area contributed by atoms with Gasteiger partial charge in [0.2, 0.25) is 5.91 Å². The predicted molar refractivity (Wildman–Crippen MR) is 116 cm³/mol. The molecular weight excluding hydrogens is 399 g/mol. The Bertz CT molecular complexity index is 951. The Morgan fingerprint density at radius 1 is 0.935 bits per heavy atom. The van der Waals surface area contributed by atoms with Gasteiger partial charge in [-0.25, -0.2) is 4.39 Å². The zero-order valence-corrected chi connectivity index (χ0v) is 17.9. The first-order chi connectivity index (χ1) is 14.9. The van der Waals surface area contributed by atoms with Gasteiger partial charge in [0.1, 0.15) is 11.6 Å². The lowest BCUT2D eigenvalue weighted by molar-refractivity contribution is -0.131. The molecule has 7 heteroatoms. The van der Waals surface area contributed by atoms with Gasteiger partial charge >= 0.3 is 0 Å². The largest absolute Gasteiger partial charge is 0.497 e. The van der Waals surface area contributed by atoms with Gasteiger partial charge in [-0.3, -0.25) is 14.4 Å². The fourth-order valence-corrected chi connectivity index (χ4v) is 3.66. The highest BCUT2D eigenvalue weighted by atomic mass is 19.1. The van der Waals surface area contributed by atoms with Gasteiger partial charge in [-0.2, -0.15) is 0 Å². The number of ketones is 2. The van der Waals surface area contributed by atoms with Gasteiger partial charge in [0.25, 0.3) is 0 Å². The van der Waals surface area contributed by atoms with Crippen molar-refractivity contribution in [3.63, 3.8) is 0 Å². The molecular formula is C24H27FN2O4. The number of hydrogen-bond acceptors (Lipinski definition) is 5. The SMILES string of the molecule is COc1ccc(C(=O)CCCC(=O)N2CCN(c3ccc(C(C)=O)cc3F)CC2)cc1. The second-order valence-electron chi connectivity index (χ2n) is 7.60. The number of nitrogens with zero attached hydrogens (tertiary/aromatic N) is 2. The number of benzene rings is 2. The molecule has 1 aliphatic rings. The lowest BCUT2D eigenvalue weighted by Crippen LogP contribution is -2.49. The molecule has 1 heterocycles. The number of carbonyl (C=O) groups excluding carboxylic acids is 3. The number of halogens is 1. The smallest absolute Gasteiger partial charge is 0.222 e. The normalized spacial score (nSPS) is 13.8. The van der Waals surface area contributed by atoms with E-state index in [0.717, 1.165) is 0 Å². The minimum absolute atomic E-state index is 0.00440. The maximum absolute atomic E-state index is 14.4. The van der Waals surface area contributed by atoms with E-state index in [2.05, 4.69) is 0 Å². The summed E-state index contributed by atoms with van der Waals surface area (Å²) < 4.78 is 19.4. The maximum Gasteiger partial charge on any atom is 0.222 e. The first-order valence-electron chi connectivity index (χ1n) is 10.4. The van der Waals surface area contributed by atoms with Gasteiger partial charge in [0, 0.05) is 50.1 Å².